The molecule has 3 aromatic carbocycles. The zero-order valence-corrected chi connectivity index (χ0v) is 29.7. The topological polar surface area (TPSA) is 81.1 Å². The first-order chi connectivity index (χ1) is 23.3. The molecule has 0 bridgehead atoms. The number of pyridine rings is 1. The van der Waals surface area contributed by atoms with Crippen molar-refractivity contribution in [3.05, 3.63) is 95.3 Å². The fraction of sp³-hybridized carbons (Fsp3) is 0.425. The van der Waals surface area contributed by atoms with Crippen molar-refractivity contribution in [2.75, 3.05) is 11.9 Å². The van der Waals surface area contributed by atoms with E-state index in [1.807, 2.05) is 42.1 Å². The summed E-state index contributed by atoms with van der Waals surface area (Å²) < 4.78 is 8.11. The van der Waals surface area contributed by atoms with Crippen LogP contribution in [0.4, 0.5) is 10.6 Å². The van der Waals surface area contributed by atoms with Gasteiger partial charge >= 0.3 is 6.09 Å². The maximum atomic E-state index is 13.1. The monoisotopic (exact) mass is 663 g/mol. The molecule has 0 radical (unpaired) electrons. The molecule has 5 aromatic rings. The molecule has 6 rings (SSSR count). The Morgan fingerprint density at radius 3 is 2.40 bits per heavy atom. The Morgan fingerprint density at radius 1 is 0.958 bits per heavy atom. The van der Waals surface area contributed by atoms with E-state index in [0.717, 1.165) is 66.1 Å². The van der Waals surface area contributed by atoms with Gasteiger partial charge in [0.1, 0.15) is 17.9 Å². The highest BCUT2D eigenvalue weighted by molar-refractivity contribution is 8.00. The van der Waals surface area contributed by atoms with Crippen LogP contribution in [0, 0.1) is 5.92 Å². The number of nitrogens with one attached hydrogen (secondary N) is 2. The number of rotatable bonds is 14. The number of nitrogens with zero attached hydrogens (tertiary/aromatic N) is 3. The molecule has 0 unspecified atom stereocenters. The lowest BCUT2D eigenvalue weighted by molar-refractivity contribution is 0.155. The molecule has 2 aromatic heterocycles. The van der Waals surface area contributed by atoms with Crippen molar-refractivity contribution in [1.29, 1.82) is 0 Å². The molecule has 0 aliphatic heterocycles. The zero-order valence-electron chi connectivity index (χ0n) is 28.9. The number of aryl methyl sites for hydroxylation is 1. The molecule has 48 heavy (non-hydrogen) atoms. The minimum Gasteiger partial charge on any atom is -0.444 e. The van der Waals surface area contributed by atoms with Crippen LogP contribution >= 0.6 is 11.8 Å². The third-order valence-electron chi connectivity index (χ3n) is 9.00. The van der Waals surface area contributed by atoms with Gasteiger partial charge in [-0.1, -0.05) is 108 Å². The van der Waals surface area contributed by atoms with Crippen LogP contribution in [0.5, 0.6) is 0 Å². The van der Waals surface area contributed by atoms with Gasteiger partial charge in [-0.15, -0.1) is 11.8 Å². The Labute approximate surface area is 289 Å². The second-order valence-electron chi connectivity index (χ2n) is 14.0. The molecule has 0 atom stereocenters. The van der Waals surface area contributed by atoms with Gasteiger partial charge in [-0.25, -0.2) is 14.8 Å². The van der Waals surface area contributed by atoms with Gasteiger partial charge in [0.15, 0.2) is 5.82 Å². The second kappa shape index (κ2) is 15.6. The van der Waals surface area contributed by atoms with E-state index in [0.29, 0.717) is 17.9 Å². The number of carbonyl (C=O) groups excluding carboxylic acids is 1. The molecule has 7 nitrogen and oxygen atoms in total. The number of anilines is 1. The summed E-state index contributed by atoms with van der Waals surface area (Å²) in [7, 11) is 0. The summed E-state index contributed by atoms with van der Waals surface area (Å²) in [4.78, 5) is 24.3. The number of hydrogen-bond donors (Lipinski definition) is 2. The molecule has 8 heteroatoms. The Balaban J connectivity index is 1.21. The number of aromatic nitrogens is 3. The Morgan fingerprint density at radius 2 is 1.69 bits per heavy atom. The van der Waals surface area contributed by atoms with E-state index in [4.69, 9.17) is 14.7 Å². The number of imidazole rings is 1. The van der Waals surface area contributed by atoms with Crippen molar-refractivity contribution < 1.29 is 9.53 Å². The van der Waals surface area contributed by atoms with Gasteiger partial charge in [-0.3, -0.25) is 5.32 Å². The smallest absolute Gasteiger partial charge is 0.413 e. The summed E-state index contributed by atoms with van der Waals surface area (Å²) >= 11 is 1.81. The van der Waals surface area contributed by atoms with Crippen LogP contribution in [-0.4, -0.2) is 31.9 Å². The van der Waals surface area contributed by atoms with Gasteiger partial charge < -0.3 is 14.6 Å². The van der Waals surface area contributed by atoms with E-state index in [1.54, 1.807) is 0 Å². The SMILES string of the molecule is CCCCc1nc2c(NC(=O)OCc3ccc(SC(C)(C)C)cc3)nc3ccccc3c2n1Cc1ccc(CNCCC2CCC2)cc1. The minimum atomic E-state index is -0.547. The molecule has 1 saturated carbocycles. The standard InChI is InChI=1S/C40H49N5O2S/c1-5-6-14-35-43-36-37(45(35)26-30-17-15-29(16-18-30)25-41-24-23-28-10-9-11-28)33-12-7-8-13-34(33)42-38(36)44-39(46)47-27-31-19-21-32(22-20-31)48-40(2,3)4/h7-8,12-13,15-22,28,41H,5-6,9-11,14,23-27H2,1-4H3,(H,42,44,46). The fourth-order valence-electron chi connectivity index (χ4n) is 6.22. The van der Waals surface area contributed by atoms with Gasteiger partial charge in [0.25, 0.3) is 0 Å². The quantitative estimate of drug-likeness (QED) is 0.0909. The van der Waals surface area contributed by atoms with Gasteiger partial charge in [0.05, 0.1) is 11.0 Å². The van der Waals surface area contributed by atoms with Crippen LogP contribution in [0.2, 0.25) is 0 Å². The van der Waals surface area contributed by atoms with Crippen LogP contribution in [-0.2, 0) is 30.9 Å². The van der Waals surface area contributed by atoms with Gasteiger partial charge in [0.2, 0.25) is 0 Å². The maximum absolute atomic E-state index is 13.1. The third kappa shape index (κ3) is 8.77. The fourth-order valence-corrected chi connectivity index (χ4v) is 7.20. The molecule has 1 fully saturated rings. The van der Waals surface area contributed by atoms with Gasteiger partial charge in [-0.2, -0.15) is 0 Å². The Kier molecular flexibility index (Phi) is 11.0. The molecule has 1 amide bonds. The molecule has 2 heterocycles. The molecule has 0 spiro atoms. The van der Waals surface area contributed by atoms with Gasteiger partial charge in [-0.05, 0) is 60.2 Å². The minimum absolute atomic E-state index is 0.135. The van der Waals surface area contributed by atoms with Crippen molar-refractivity contribution in [2.45, 2.75) is 102 Å². The summed E-state index contributed by atoms with van der Waals surface area (Å²) in [5, 5.41) is 7.58. The molecule has 1 aliphatic carbocycles. The predicted molar refractivity (Wildman–Crippen MR) is 199 cm³/mol. The number of fused-ring (bicyclic) bond motifs is 3. The van der Waals surface area contributed by atoms with Crippen molar-refractivity contribution in [2.24, 2.45) is 5.92 Å². The molecular weight excluding hydrogens is 615 g/mol. The van der Waals surface area contributed by atoms with Crippen LogP contribution in [0.3, 0.4) is 0 Å². The van der Waals surface area contributed by atoms with Crippen molar-refractivity contribution in [3.63, 3.8) is 0 Å². The highest BCUT2D eigenvalue weighted by Gasteiger charge is 2.21. The summed E-state index contributed by atoms with van der Waals surface area (Å²) in [6.07, 6.45) is 7.88. The van der Waals surface area contributed by atoms with Crippen molar-refractivity contribution in [3.8, 4) is 0 Å². The summed E-state index contributed by atoms with van der Waals surface area (Å²) in [5.74, 6) is 2.35. The number of ether oxygens (including phenoxy) is 1. The van der Waals surface area contributed by atoms with Crippen LogP contribution < -0.4 is 10.6 Å². The predicted octanol–water partition coefficient (Wildman–Crippen LogP) is 9.89. The van der Waals surface area contributed by atoms with Crippen LogP contribution in [0.25, 0.3) is 21.9 Å². The van der Waals surface area contributed by atoms with Crippen LogP contribution in [0.15, 0.2) is 77.7 Å². The van der Waals surface area contributed by atoms with E-state index in [9.17, 15) is 4.79 Å². The lowest BCUT2D eigenvalue weighted by Gasteiger charge is -2.25. The lowest BCUT2D eigenvalue weighted by atomic mass is 9.83. The second-order valence-corrected chi connectivity index (χ2v) is 15.9. The molecule has 0 saturated heterocycles. The number of hydrogen-bond acceptors (Lipinski definition) is 6. The first-order valence-corrected chi connectivity index (χ1v) is 18.4. The van der Waals surface area contributed by atoms with E-state index < -0.39 is 6.09 Å². The first kappa shape index (κ1) is 34.0. The average molecular weight is 664 g/mol. The van der Waals surface area contributed by atoms with E-state index >= 15 is 0 Å². The molecular formula is C40H49N5O2S. The van der Waals surface area contributed by atoms with Crippen LogP contribution in [0.1, 0.15) is 88.7 Å². The Bertz CT molecular complexity index is 1820. The summed E-state index contributed by atoms with van der Waals surface area (Å²) in [6.45, 7) is 11.6. The number of carbonyl (C=O) groups is 1. The molecule has 2 N–H and O–H groups in total. The van der Waals surface area contributed by atoms with Crippen molar-refractivity contribution in [1.82, 2.24) is 19.9 Å². The zero-order chi connectivity index (χ0) is 33.5. The van der Waals surface area contributed by atoms with Gasteiger partial charge in [0, 0.05) is 34.5 Å². The van der Waals surface area contributed by atoms with Crippen molar-refractivity contribution >= 4 is 45.6 Å². The largest absolute Gasteiger partial charge is 0.444 e. The number of amides is 1. The first-order valence-electron chi connectivity index (χ1n) is 17.5. The molecule has 1 aliphatic rings. The Hall–Kier alpha value is -3.88. The van der Waals surface area contributed by atoms with E-state index in [2.05, 4.69) is 85.4 Å². The lowest BCUT2D eigenvalue weighted by Crippen LogP contribution is -2.21. The van der Waals surface area contributed by atoms with E-state index in [1.165, 1.54) is 41.7 Å². The normalized spacial score (nSPS) is 13.6. The third-order valence-corrected chi connectivity index (χ3v) is 10.1. The molecule has 252 valence electrons. The number of benzene rings is 3. The van der Waals surface area contributed by atoms with E-state index in [-0.39, 0.29) is 11.4 Å². The number of para-hydroxylation sites is 1. The maximum Gasteiger partial charge on any atom is 0.413 e. The summed E-state index contributed by atoms with van der Waals surface area (Å²) in [5.41, 5.74) is 5.92. The average Bonchev–Trinajstić information content (AvgIpc) is 3.41. The highest BCUT2D eigenvalue weighted by atomic mass is 32.2. The number of thioether (sulfide) groups is 1. The number of unbranched alkanes of at least 4 members (excludes halogenated alkanes) is 1. The summed E-state index contributed by atoms with van der Waals surface area (Å²) in [6, 6.07) is 25.2. The highest BCUT2D eigenvalue weighted by Crippen LogP contribution is 2.33.